The number of hydrogen-bond donors (Lipinski definition) is 1. The van der Waals surface area contributed by atoms with Gasteiger partial charge in [-0.25, -0.2) is 9.18 Å². The third kappa shape index (κ3) is 4.33. The van der Waals surface area contributed by atoms with Crippen molar-refractivity contribution in [2.75, 3.05) is 12.0 Å². The highest BCUT2D eigenvalue weighted by molar-refractivity contribution is 6.01. The van der Waals surface area contributed by atoms with E-state index < -0.39 is 11.9 Å². The minimum absolute atomic E-state index is 0.231. The van der Waals surface area contributed by atoms with Gasteiger partial charge < -0.3 is 14.6 Å². The van der Waals surface area contributed by atoms with Crippen molar-refractivity contribution in [1.29, 1.82) is 0 Å². The molecular weight excluding hydrogens is 459 g/mol. The average Bonchev–Trinajstić information content (AvgIpc) is 3.33. The van der Waals surface area contributed by atoms with Gasteiger partial charge >= 0.3 is 6.03 Å². The van der Waals surface area contributed by atoms with Crippen LogP contribution in [0.3, 0.4) is 0 Å². The van der Waals surface area contributed by atoms with E-state index in [0.717, 1.165) is 16.7 Å². The number of carbonyl (C=O) groups is 1. The molecule has 36 heavy (non-hydrogen) atoms. The number of methoxy groups -OCH3 is 1. The van der Waals surface area contributed by atoms with Crippen molar-refractivity contribution in [1.82, 2.24) is 15.5 Å². The molecule has 0 spiro atoms. The molecule has 2 heterocycles. The van der Waals surface area contributed by atoms with Crippen LogP contribution in [0.15, 0.2) is 77.0 Å². The van der Waals surface area contributed by atoms with Crippen molar-refractivity contribution in [2.45, 2.75) is 26.8 Å². The molecule has 0 saturated heterocycles. The Hall–Kier alpha value is -4.46. The van der Waals surface area contributed by atoms with Gasteiger partial charge in [0.15, 0.2) is 0 Å². The summed E-state index contributed by atoms with van der Waals surface area (Å²) in [5.41, 5.74) is 5.25. The van der Waals surface area contributed by atoms with Crippen molar-refractivity contribution in [3.05, 3.63) is 101 Å². The first-order valence-electron chi connectivity index (χ1n) is 11.5. The van der Waals surface area contributed by atoms with Crippen LogP contribution in [0.2, 0.25) is 0 Å². The van der Waals surface area contributed by atoms with Gasteiger partial charge in [-0.1, -0.05) is 35.5 Å². The summed E-state index contributed by atoms with van der Waals surface area (Å²) in [6.45, 7) is 5.78. The predicted molar refractivity (Wildman–Crippen MR) is 135 cm³/mol. The van der Waals surface area contributed by atoms with E-state index in [-0.39, 0.29) is 11.9 Å². The molecule has 8 heteroatoms. The Morgan fingerprint density at radius 3 is 2.47 bits per heavy atom. The largest absolute Gasteiger partial charge is 0.497 e. The Balaban J connectivity index is 1.67. The number of amides is 2. The number of ether oxygens (including phenoxy) is 1. The molecule has 0 aliphatic carbocycles. The van der Waals surface area contributed by atoms with Crippen LogP contribution in [0, 0.1) is 19.7 Å². The Bertz CT molecular complexity index is 1470. The van der Waals surface area contributed by atoms with Gasteiger partial charge in [-0.2, -0.15) is 4.98 Å². The molecule has 7 nitrogen and oxygen atoms in total. The molecule has 0 radical (unpaired) electrons. The summed E-state index contributed by atoms with van der Waals surface area (Å²) in [7, 11) is 1.59. The summed E-state index contributed by atoms with van der Waals surface area (Å²) in [5, 5.41) is 7.19. The molecule has 1 atom stereocenters. The van der Waals surface area contributed by atoms with Crippen LogP contribution in [0.25, 0.3) is 17.0 Å². The molecule has 0 bridgehead atoms. The van der Waals surface area contributed by atoms with Gasteiger partial charge in [0.05, 0.1) is 24.4 Å². The lowest BCUT2D eigenvalue weighted by molar-refractivity contribution is 0.244. The molecule has 3 aromatic carbocycles. The number of aryl methyl sites for hydroxylation is 2. The standard InChI is InChI=1S/C28H25FN4O3/c1-16-11-17(2)13-22(12-16)33-18(3)24(25(30-28(33)34)19-7-5-9-21(29)14-19)27-31-26(32-36-27)20-8-6-10-23(15-20)35-4/h5-15,25H,1-4H3,(H,30,34). The highest BCUT2D eigenvalue weighted by Crippen LogP contribution is 2.39. The van der Waals surface area contributed by atoms with Crippen LogP contribution in [-0.2, 0) is 0 Å². The molecule has 0 fully saturated rings. The number of allylic oxidation sites excluding steroid dienone is 1. The quantitative estimate of drug-likeness (QED) is 0.365. The second kappa shape index (κ2) is 9.30. The molecule has 5 rings (SSSR count). The van der Waals surface area contributed by atoms with Gasteiger partial charge in [0, 0.05) is 11.3 Å². The smallest absolute Gasteiger partial charge is 0.326 e. The summed E-state index contributed by atoms with van der Waals surface area (Å²) >= 11 is 0. The highest BCUT2D eigenvalue weighted by Gasteiger charge is 2.36. The molecule has 4 aromatic rings. The normalized spacial score (nSPS) is 15.8. The van der Waals surface area contributed by atoms with Gasteiger partial charge in [-0.3, -0.25) is 4.90 Å². The maximum absolute atomic E-state index is 14.2. The fourth-order valence-corrected chi connectivity index (χ4v) is 4.56. The minimum Gasteiger partial charge on any atom is -0.497 e. The van der Waals surface area contributed by atoms with E-state index in [1.807, 2.05) is 63.2 Å². The molecule has 1 aliphatic heterocycles. The number of carbonyl (C=O) groups excluding carboxylic acids is 1. The van der Waals surface area contributed by atoms with E-state index in [4.69, 9.17) is 9.26 Å². The Morgan fingerprint density at radius 1 is 1.00 bits per heavy atom. The molecule has 2 amide bonds. The monoisotopic (exact) mass is 484 g/mol. The maximum atomic E-state index is 14.2. The zero-order chi connectivity index (χ0) is 25.4. The second-order valence-electron chi connectivity index (χ2n) is 8.77. The van der Waals surface area contributed by atoms with E-state index in [1.54, 1.807) is 24.1 Å². The first-order chi connectivity index (χ1) is 17.3. The molecule has 1 aromatic heterocycles. The molecule has 1 aliphatic rings. The summed E-state index contributed by atoms with van der Waals surface area (Å²) in [6.07, 6.45) is 0. The molecule has 1 N–H and O–H groups in total. The lowest BCUT2D eigenvalue weighted by Crippen LogP contribution is -2.46. The van der Waals surface area contributed by atoms with Crippen LogP contribution in [0.5, 0.6) is 5.75 Å². The van der Waals surface area contributed by atoms with Crippen molar-refractivity contribution in [3.63, 3.8) is 0 Å². The average molecular weight is 485 g/mol. The van der Waals surface area contributed by atoms with E-state index >= 15 is 0 Å². The number of anilines is 1. The van der Waals surface area contributed by atoms with Gasteiger partial charge in [0.25, 0.3) is 5.89 Å². The highest BCUT2D eigenvalue weighted by atomic mass is 19.1. The molecule has 0 saturated carbocycles. The molecule has 182 valence electrons. The van der Waals surface area contributed by atoms with Crippen LogP contribution >= 0.6 is 0 Å². The van der Waals surface area contributed by atoms with Gasteiger partial charge in [0.2, 0.25) is 5.82 Å². The number of halogens is 1. The van der Waals surface area contributed by atoms with Crippen molar-refractivity contribution < 1.29 is 18.4 Å². The van der Waals surface area contributed by atoms with Crippen LogP contribution in [-0.4, -0.2) is 23.3 Å². The number of aromatic nitrogens is 2. The lowest BCUT2D eigenvalue weighted by atomic mass is 9.94. The Kier molecular flexibility index (Phi) is 6.01. The molecule has 1 unspecified atom stereocenters. The number of urea groups is 1. The predicted octanol–water partition coefficient (Wildman–Crippen LogP) is 6.20. The first-order valence-corrected chi connectivity index (χ1v) is 11.5. The maximum Gasteiger partial charge on any atom is 0.326 e. The van der Waals surface area contributed by atoms with Crippen molar-refractivity contribution in [2.24, 2.45) is 0 Å². The fraction of sp³-hybridized carbons (Fsp3) is 0.179. The zero-order valence-corrected chi connectivity index (χ0v) is 20.4. The SMILES string of the molecule is COc1cccc(-c2noc(C3=C(C)N(c4cc(C)cc(C)c4)C(=O)NC3c3cccc(F)c3)n2)c1. The zero-order valence-electron chi connectivity index (χ0n) is 20.4. The third-order valence-electron chi connectivity index (χ3n) is 6.12. The third-order valence-corrected chi connectivity index (χ3v) is 6.12. The lowest BCUT2D eigenvalue weighted by Gasteiger charge is -2.35. The Morgan fingerprint density at radius 2 is 1.75 bits per heavy atom. The number of rotatable bonds is 5. The van der Waals surface area contributed by atoms with E-state index in [2.05, 4.69) is 15.5 Å². The number of benzene rings is 3. The summed E-state index contributed by atoms with van der Waals surface area (Å²) < 4.78 is 25.2. The molecular formula is C28H25FN4O3. The first kappa shape index (κ1) is 23.3. The summed E-state index contributed by atoms with van der Waals surface area (Å²) in [5.74, 6) is 0.863. The van der Waals surface area contributed by atoms with Crippen molar-refractivity contribution >= 4 is 17.3 Å². The van der Waals surface area contributed by atoms with E-state index in [9.17, 15) is 9.18 Å². The summed E-state index contributed by atoms with van der Waals surface area (Å²) in [6, 6.07) is 18.3. The van der Waals surface area contributed by atoms with E-state index in [1.165, 1.54) is 12.1 Å². The van der Waals surface area contributed by atoms with Crippen molar-refractivity contribution in [3.8, 4) is 17.1 Å². The Labute approximate surface area is 208 Å². The fourth-order valence-electron chi connectivity index (χ4n) is 4.56. The van der Waals surface area contributed by atoms with Crippen LogP contribution < -0.4 is 15.0 Å². The minimum atomic E-state index is -0.686. The van der Waals surface area contributed by atoms with Gasteiger partial charge in [-0.15, -0.1) is 0 Å². The number of nitrogens with one attached hydrogen (secondary N) is 1. The number of hydrogen-bond acceptors (Lipinski definition) is 5. The number of nitrogens with zero attached hydrogens (tertiary/aromatic N) is 3. The van der Waals surface area contributed by atoms with Crippen LogP contribution in [0.4, 0.5) is 14.9 Å². The summed E-state index contributed by atoms with van der Waals surface area (Å²) in [4.78, 5) is 19.6. The van der Waals surface area contributed by atoms with Crippen LogP contribution in [0.1, 0.15) is 35.5 Å². The van der Waals surface area contributed by atoms with Gasteiger partial charge in [-0.05, 0) is 73.9 Å². The second-order valence-corrected chi connectivity index (χ2v) is 8.77. The van der Waals surface area contributed by atoms with E-state index in [0.29, 0.717) is 34.1 Å². The topological polar surface area (TPSA) is 80.5 Å². The van der Waals surface area contributed by atoms with Gasteiger partial charge in [0.1, 0.15) is 11.6 Å².